The normalized spacial score (nSPS) is 36.0. The maximum absolute atomic E-state index is 14.7. The van der Waals surface area contributed by atoms with E-state index in [1.807, 2.05) is 0 Å². The van der Waals surface area contributed by atoms with E-state index in [1.54, 1.807) is 0 Å². The molecule has 0 saturated heterocycles. The van der Waals surface area contributed by atoms with Crippen molar-refractivity contribution in [3.05, 3.63) is 0 Å². The fraction of sp³-hybridized carbons (Fsp3) is 1.00. The highest BCUT2D eigenvalue weighted by molar-refractivity contribution is 6.27. The van der Waals surface area contributed by atoms with Crippen molar-refractivity contribution in [3.63, 3.8) is 0 Å². The van der Waals surface area contributed by atoms with Crippen LogP contribution < -0.4 is 0 Å². The molecule has 0 aromatic carbocycles. The van der Waals surface area contributed by atoms with Crippen molar-refractivity contribution in [3.8, 4) is 0 Å². The van der Waals surface area contributed by atoms with Crippen molar-refractivity contribution >= 4 is 11.6 Å². The average molecular weight is 529 g/mol. The Balaban J connectivity index is 3.19. The van der Waals surface area contributed by atoms with Crippen molar-refractivity contribution in [1.82, 2.24) is 0 Å². The summed E-state index contributed by atoms with van der Waals surface area (Å²) in [6.07, 6.45) is 0. The van der Waals surface area contributed by atoms with Gasteiger partial charge in [0.05, 0.1) is 0 Å². The summed E-state index contributed by atoms with van der Waals surface area (Å²) >= 11 is 3.75. The zero-order valence-corrected chi connectivity index (χ0v) is 13.8. The zero-order valence-electron chi connectivity index (χ0n) is 13.1. The largest absolute Gasteiger partial charge is 0.384 e. The molecule has 0 aromatic rings. The molecule has 0 aromatic heterocycles. The SMILES string of the molecule is FC1(F)C(F)(F)C(F)(F)C(F)(C2(Cl)C(F)(F)C(F)(F)C(F)(F)C2(F)F)C(F)(F)C1(F)F. The Hall–Kier alpha value is -1.04. The molecule has 20 heteroatoms. The minimum atomic E-state index is -8.75. The summed E-state index contributed by atoms with van der Waals surface area (Å²) < 4.78 is 257. The van der Waals surface area contributed by atoms with Gasteiger partial charge in [-0.2, -0.15) is 79.0 Å². The third-order valence-electron chi connectivity index (χ3n) is 4.97. The molecule has 2 aliphatic rings. The molecule has 0 atom stereocenters. The third-order valence-corrected chi connectivity index (χ3v) is 5.70. The van der Waals surface area contributed by atoms with E-state index in [2.05, 4.69) is 11.6 Å². The van der Waals surface area contributed by atoms with Crippen LogP contribution in [0.15, 0.2) is 0 Å². The first kappa shape index (κ1) is 26.2. The fourth-order valence-corrected chi connectivity index (χ4v) is 3.59. The number of hydrogen-bond acceptors (Lipinski definition) is 0. The van der Waals surface area contributed by atoms with E-state index in [9.17, 15) is 83.4 Å². The van der Waals surface area contributed by atoms with Crippen LogP contribution in [0, 0.1) is 0 Å². The molecule has 2 rings (SSSR count). The van der Waals surface area contributed by atoms with Crippen molar-refractivity contribution in [1.29, 1.82) is 0 Å². The topological polar surface area (TPSA) is 0 Å². The summed E-state index contributed by atoms with van der Waals surface area (Å²) in [5.41, 5.74) is -8.75. The van der Waals surface area contributed by atoms with Crippen molar-refractivity contribution in [2.45, 2.75) is 63.8 Å². The number of alkyl halides is 20. The van der Waals surface area contributed by atoms with Crippen LogP contribution in [0.3, 0.4) is 0 Å². The Morgan fingerprint density at radius 1 is 0.258 bits per heavy atom. The van der Waals surface area contributed by atoms with Crippen LogP contribution in [0.4, 0.5) is 83.4 Å². The Bertz CT molecular complexity index is 737. The third kappa shape index (κ3) is 1.84. The van der Waals surface area contributed by atoms with E-state index < -0.39 is 63.8 Å². The minimum absolute atomic E-state index is 3.75. The van der Waals surface area contributed by atoms with Crippen LogP contribution in [0.25, 0.3) is 0 Å². The van der Waals surface area contributed by atoms with Crippen LogP contribution in [-0.2, 0) is 0 Å². The molecule has 2 fully saturated rings. The van der Waals surface area contributed by atoms with Crippen LogP contribution in [0.2, 0.25) is 0 Å². The molecular formula is C11ClF19. The second-order valence-corrected chi connectivity index (χ2v) is 7.05. The van der Waals surface area contributed by atoms with Crippen molar-refractivity contribution in [2.24, 2.45) is 0 Å². The Morgan fingerprint density at radius 3 is 0.645 bits per heavy atom. The molecule has 0 spiro atoms. The maximum Gasteiger partial charge on any atom is 0.384 e. The quantitative estimate of drug-likeness (QED) is 0.272. The van der Waals surface area contributed by atoms with E-state index in [1.165, 1.54) is 0 Å². The number of rotatable bonds is 1. The fourth-order valence-electron chi connectivity index (χ4n) is 3.11. The molecule has 0 amide bonds. The van der Waals surface area contributed by atoms with Crippen LogP contribution in [0.1, 0.15) is 0 Å². The average Bonchev–Trinajstić information content (AvgIpc) is 2.61. The van der Waals surface area contributed by atoms with Gasteiger partial charge < -0.3 is 0 Å². The lowest BCUT2D eigenvalue weighted by Crippen LogP contribution is -2.90. The minimum Gasteiger partial charge on any atom is -0.227 e. The van der Waals surface area contributed by atoms with Gasteiger partial charge >= 0.3 is 53.3 Å². The van der Waals surface area contributed by atoms with Gasteiger partial charge in [-0.1, -0.05) is 0 Å². The lowest BCUT2D eigenvalue weighted by molar-refractivity contribution is -0.498. The summed E-state index contributed by atoms with van der Waals surface area (Å²) in [4.78, 5) is -8.05. The van der Waals surface area contributed by atoms with Crippen molar-refractivity contribution in [2.75, 3.05) is 0 Å². The predicted octanol–water partition coefficient (Wildman–Crippen LogP) is 6.42. The van der Waals surface area contributed by atoms with E-state index in [0.29, 0.717) is 0 Å². The van der Waals surface area contributed by atoms with Crippen LogP contribution >= 0.6 is 11.6 Å². The molecule has 2 aliphatic carbocycles. The molecule has 0 aliphatic heterocycles. The Labute approximate surface area is 160 Å². The number of hydrogen-bond donors (Lipinski definition) is 0. The highest BCUT2D eigenvalue weighted by Gasteiger charge is 3.13. The van der Waals surface area contributed by atoms with Crippen molar-refractivity contribution < 1.29 is 83.4 Å². The summed E-state index contributed by atoms with van der Waals surface area (Å²) in [6, 6.07) is 0. The summed E-state index contributed by atoms with van der Waals surface area (Å²) in [7, 11) is 0. The Kier molecular flexibility index (Phi) is 4.54. The first-order chi connectivity index (χ1) is 13.0. The lowest BCUT2D eigenvalue weighted by atomic mass is 9.64. The molecule has 2 saturated carbocycles. The van der Waals surface area contributed by atoms with E-state index in [4.69, 9.17) is 0 Å². The smallest absolute Gasteiger partial charge is 0.227 e. The summed E-state index contributed by atoms with van der Waals surface area (Å²) in [5, 5.41) is 0. The van der Waals surface area contributed by atoms with Gasteiger partial charge in [0.25, 0.3) is 5.67 Å². The van der Waals surface area contributed by atoms with Gasteiger partial charge in [-0.25, -0.2) is 4.39 Å². The highest BCUT2D eigenvalue weighted by atomic mass is 35.5. The summed E-state index contributed by atoms with van der Waals surface area (Å²) in [5.74, 6) is -74.2. The maximum atomic E-state index is 14.7. The molecule has 0 nitrogen and oxygen atoms in total. The molecule has 184 valence electrons. The standard InChI is InChI=1S/C11ClF19/c12-1(3(14,15)7(22,23)8(24,25)4(1,16)17)2(13)5(18,19)9(26,27)11(30,31)10(28,29)6(2,20)21. The lowest BCUT2D eigenvalue weighted by Gasteiger charge is -2.57. The highest BCUT2D eigenvalue weighted by Crippen LogP contribution is 2.81. The monoisotopic (exact) mass is 528 g/mol. The van der Waals surface area contributed by atoms with Gasteiger partial charge in [0.2, 0.25) is 4.87 Å². The molecule has 0 N–H and O–H groups in total. The first-order valence-corrected chi connectivity index (χ1v) is 7.16. The summed E-state index contributed by atoms with van der Waals surface area (Å²) in [6.45, 7) is 0. The van der Waals surface area contributed by atoms with Gasteiger partial charge in [-0.3, -0.25) is 0 Å². The number of halogens is 20. The second-order valence-electron chi connectivity index (χ2n) is 6.49. The van der Waals surface area contributed by atoms with Gasteiger partial charge in [-0.15, -0.1) is 11.6 Å². The van der Waals surface area contributed by atoms with E-state index >= 15 is 0 Å². The van der Waals surface area contributed by atoms with Gasteiger partial charge in [0.15, 0.2) is 0 Å². The van der Waals surface area contributed by atoms with Gasteiger partial charge in [0.1, 0.15) is 0 Å². The molecule has 0 unspecified atom stereocenters. The second kappa shape index (κ2) is 5.37. The Morgan fingerprint density at radius 2 is 0.419 bits per heavy atom. The molecular weight excluding hydrogens is 529 g/mol. The van der Waals surface area contributed by atoms with E-state index in [0.717, 1.165) is 0 Å². The van der Waals surface area contributed by atoms with E-state index in [-0.39, 0.29) is 0 Å². The van der Waals surface area contributed by atoms with Crippen LogP contribution in [0.5, 0.6) is 0 Å². The zero-order chi connectivity index (χ0) is 25.5. The van der Waals surface area contributed by atoms with Crippen LogP contribution in [-0.4, -0.2) is 63.8 Å². The first-order valence-electron chi connectivity index (χ1n) is 6.78. The molecule has 31 heavy (non-hydrogen) atoms. The predicted molar refractivity (Wildman–Crippen MR) is 56.9 cm³/mol. The molecule has 0 radical (unpaired) electrons. The molecule has 0 heterocycles. The van der Waals surface area contributed by atoms with Gasteiger partial charge in [-0.05, 0) is 0 Å². The molecule has 0 bridgehead atoms. The van der Waals surface area contributed by atoms with Gasteiger partial charge in [0, 0.05) is 0 Å².